The molecule has 0 N–H and O–H groups in total. The fourth-order valence-corrected chi connectivity index (χ4v) is 3.37. The quantitative estimate of drug-likeness (QED) is 0.0760. The maximum absolute atomic E-state index is 11.6. The number of hydrogen-bond donors (Lipinski definition) is 0. The highest BCUT2D eigenvalue weighted by Gasteiger charge is 2.06. The van der Waals surface area contributed by atoms with Crippen LogP contribution in [0.25, 0.3) is 0 Å². The Morgan fingerprint density at radius 3 is 2.81 bits per heavy atom. The van der Waals surface area contributed by atoms with E-state index in [-0.39, 0.29) is 5.97 Å². The monoisotopic (exact) mass is 412 g/mol. The van der Waals surface area contributed by atoms with E-state index in [9.17, 15) is 4.79 Å². The summed E-state index contributed by atoms with van der Waals surface area (Å²) in [5.74, 6) is 0.179. The first-order valence-electron chi connectivity index (χ1n) is 8.38. The minimum absolute atomic E-state index is 0.338. The van der Waals surface area contributed by atoms with Crippen molar-refractivity contribution in [1.82, 2.24) is 0 Å². The molecular formula is C18H24N2O5S2. The van der Waals surface area contributed by atoms with Crippen LogP contribution in [0.5, 0.6) is 0 Å². The summed E-state index contributed by atoms with van der Waals surface area (Å²) in [4.78, 5) is 30.1. The number of aliphatic imine (C=N–C) groups is 2. The van der Waals surface area contributed by atoms with Crippen molar-refractivity contribution in [3.63, 3.8) is 0 Å². The molecule has 0 aromatic rings. The zero-order valence-corrected chi connectivity index (χ0v) is 17.5. The molecule has 0 saturated carbocycles. The van der Waals surface area contributed by atoms with Crippen LogP contribution in [0.4, 0.5) is 0 Å². The number of allylic oxidation sites excluding steroid dienone is 3. The number of carbonyl (C=O) groups is 1. The van der Waals surface area contributed by atoms with E-state index < -0.39 is 0 Å². The van der Waals surface area contributed by atoms with Crippen molar-refractivity contribution in [1.29, 1.82) is 0 Å². The normalized spacial score (nSPS) is 15.4. The Morgan fingerprint density at radius 2 is 2.11 bits per heavy atom. The van der Waals surface area contributed by atoms with Crippen LogP contribution in [0.15, 0.2) is 56.7 Å². The molecule has 0 radical (unpaired) electrons. The third kappa shape index (κ3) is 10.2. The van der Waals surface area contributed by atoms with E-state index in [0.29, 0.717) is 31.1 Å². The van der Waals surface area contributed by atoms with Gasteiger partial charge < -0.3 is 9.62 Å². The average molecular weight is 413 g/mol. The van der Waals surface area contributed by atoms with Gasteiger partial charge in [-0.3, -0.25) is 9.98 Å². The lowest BCUT2D eigenvalue weighted by molar-refractivity contribution is -0.493. The first-order valence-corrected chi connectivity index (χ1v) is 10.5. The number of carbonyl (C=O) groups excluding carboxylic acids is 1. The van der Waals surface area contributed by atoms with Crippen LogP contribution in [0.3, 0.4) is 0 Å². The number of ether oxygens (including phenoxy) is 1. The van der Waals surface area contributed by atoms with Crippen molar-refractivity contribution in [2.24, 2.45) is 9.98 Å². The van der Waals surface area contributed by atoms with E-state index in [1.54, 1.807) is 51.3 Å². The molecule has 0 bridgehead atoms. The summed E-state index contributed by atoms with van der Waals surface area (Å²) in [7, 11) is 2.88. The van der Waals surface area contributed by atoms with Crippen LogP contribution >= 0.6 is 21.6 Å². The molecule has 7 nitrogen and oxygen atoms in total. The maximum Gasteiger partial charge on any atom is 0.333 e. The molecule has 0 saturated heterocycles. The van der Waals surface area contributed by atoms with Crippen LogP contribution < -0.4 is 0 Å². The molecule has 0 spiro atoms. The van der Waals surface area contributed by atoms with E-state index in [2.05, 4.69) is 19.9 Å². The molecule has 0 aromatic carbocycles. The second kappa shape index (κ2) is 14.3. The van der Waals surface area contributed by atoms with Crippen LogP contribution in [-0.2, 0) is 24.3 Å². The highest BCUT2D eigenvalue weighted by atomic mass is 33.1. The van der Waals surface area contributed by atoms with E-state index in [1.165, 1.54) is 21.6 Å². The molecule has 0 fully saturated rings. The van der Waals surface area contributed by atoms with Crippen molar-refractivity contribution in [3.8, 4) is 0 Å². The topological polar surface area (TPSA) is 78.7 Å². The van der Waals surface area contributed by atoms with Crippen molar-refractivity contribution < 1.29 is 24.3 Å². The first kappa shape index (κ1) is 23.2. The summed E-state index contributed by atoms with van der Waals surface area (Å²) >= 11 is 0. The van der Waals surface area contributed by atoms with Crippen molar-refractivity contribution in [3.05, 3.63) is 46.7 Å². The zero-order chi connectivity index (χ0) is 19.9. The minimum atomic E-state index is -0.338. The molecule has 0 aliphatic carbocycles. The van der Waals surface area contributed by atoms with E-state index in [4.69, 9.17) is 9.62 Å². The van der Waals surface area contributed by atoms with Crippen LogP contribution in [0.1, 0.15) is 27.7 Å². The first-order chi connectivity index (χ1) is 13.1. The van der Waals surface area contributed by atoms with Gasteiger partial charge in [0, 0.05) is 11.8 Å². The fraction of sp³-hybridized carbons (Fsp3) is 0.389. The van der Waals surface area contributed by atoms with Gasteiger partial charge in [0.25, 0.3) is 0 Å². The molecular weight excluding hydrogens is 388 g/mol. The predicted octanol–water partition coefficient (Wildman–Crippen LogP) is 4.56. The Hall–Kier alpha value is -1.81. The van der Waals surface area contributed by atoms with E-state index >= 15 is 0 Å². The van der Waals surface area contributed by atoms with Crippen LogP contribution in [0.2, 0.25) is 0 Å². The molecule has 148 valence electrons. The number of nitrogens with zero attached hydrogens (tertiary/aromatic N) is 2. The van der Waals surface area contributed by atoms with Gasteiger partial charge >= 0.3 is 5.97 Å². The lowest BCUT2D eigenvalue weighted by Crippen LogP contribution is -2.04. The minimum Gasteiger partial charge on any atom is -0.463 e. The van der Waals surface area contributed by atoms with Crippen LogP contribution in [-0.4, -0.2) is 37.0 Å². The van der Waals surface area contributed by atoms with E-state index in [0.717, 1.165) is 10.1 Å². The Morgan fingerprint density at radius 1 is 1.30 bits per heavy atom. The highest BCUT2D eigenvalue weighted by molar-refractivity contribution is 8.83. The van der Waals surface area contributed by atoms with Gasteiger partial charge in [-0.2, -0.15) is 4.89 Å². The molecule has 1 aliphatic heterocycles. The lowest BCUT2D eigenvalue weighted by Gasteiger charge is -2.02. The molecule has 0 aromatic heterocycles. The van der Waals surface area contributed by atoms with Gasteiger partial charge in [0.15, 0.2) is 5.76 Å². The number of hydrogen-bond acceptors (Lipinski definition) is 9. The molecule has 1 heterocycles. The maximum atomic E-state index is 11.6. The second-order valence-corrected chi connectivity index (χ2v) is 6.98. The Labute approximate surface area is 167 Å². The predicted molar refractivity (Wildman–Crippen MR) is 111 cm³/mol. The summed E-state index contributed by atoms with van der Waals surface area (Å²) in [6, 6.07) is 0. The SMILES string of the molecule is CC=N/C(=C\C=C(/C)C(=O)OCC)SSC1=NCC=C(OOOCC)C=C1. The second-order valence-electron chi connectivity index (χ2n) is 4.81. The molecule has 0 unspecified atom stereocenters. The van der Waals surface area contributed by atoms with Gasteiger partial charge in [0.2, 0.25) is 0 Å². The Kier molecular flexibility index (Phi) is 12.3. The lowest BCUT2D eigenvalue weighted by atomic mass is 10.3. The fourth-order valence-electron chi connectivity index (χ4n) is 1.54. The molecule has 27 heavy (non-hydrogen) atoms. The Bertz CT molecular complexity index is 667. The van der Waals surface area contributed by atoms with Crippen molar-refractivity contribution in [2.75, 3.05) is 19.8 Å². The molecule has 1 rings (SSSR count). The summed E-state index contributed by atoms with van der Waals surface area (Å²) in [5, 5.41) is 6.11. The zero-order valence-electron chi connectivity index (χ0n) is 15.8. The number of rotatable bonds is 10. The van der Waals surface area contributed by atoms with Gasteiger partial charge in [-0.05, 0) is 84.7 Å². The highest BCUT2D eigenvalue weighted by Crippen LogP contribution is 2.33. The molecule has 9 heteroatoms. The summed E-state index contributed by atoms with van der Waals surface area (Å²) in [6.45, 7) is 8.30. The molecule has 0 amide bonds. The third-order valence-electron chi connectivity index (χ3n) is 2.77. The summed E-state index contributed by atoms with van der Waals surface area (Å²) < 4.78 is 4.96. The molecule has 0 atom stereocenters. The number of esters is 1. The van der Waals surface area contributed by atoms with Gasteiger partial charge in [-0.1, -0.05) is 0 Å². The van der Waals surface area contributed by atoms with Crippen molar-refractivity contribution >= 4 is 38.8 Å². The Balaban J connectivity index is 2.63. The van der Waals surface area contributed by atoms with Gasteiger partial charge in [-0.15, -0.1) is 0 Å². The molecule has 1 aliphatic rings. The van der Waals surface area contributed by atoms with Crippen LogP contribution in [0, 0.1) is 0 Å². The standard InChI is InChI=1S/C18H24N2O5S2/c1-5-19-16(10-8-14(4)18(21)22-6-2)26-27-17-11-9-15(12-13-20-17)24-25-23-7-3/h5,8-12H,6-7,13H2,1-4H3/b14-8+,16-10+,19-5?. The van der Waals surface area contributed by atoms with Gasteiger partial charge in [0.05, 0.1) is 19.8 Å². The average Bonchev–Trinajstić information content (AvgIpc) is 2.89. The summed E-state index contributed by atoms with van der Waals surface area (Å²) in [5.41, 5.74) is 0.512. The van der Waals surface area contributed by atoms with Gasteiger partial charge in [0.1, 0.15) is 10.1 Å². The largest absolute Gasteiger partial charge is 0.463 e. The third-order valence-corrected chi connectivity index (χ3v) is 4.97. The van der Waals surface area contributed by atoms with E-state index in [1.807, 2.05) is 13.0 Å². The van der Waals surface area contributed by atoms with Gasteiger partial charge in [-0.25, -0.2) is 4.79 Å². The van der Waals surface area contributed by atoms with Crippen molar-refractivity contribution in [2.45, 2.75) is 27.7 Å². The smallest absolute Gasteiger partial charge is 0.333 e. The summed E-state index contributed by atoms with van der Waals surface area (Å²) in [6.07, 6.45) is 10.5.